The fourth-order valence-corrected chi connectivity index (χ4v) is 3.90. The Morgan fingerprint density at radius 1 is 0.971 bits per heavy atom. The number of carbonyl (C=O) groups is 2. The van der Waals surface area contributed by atoms with Crippen molar-refractivity contribution in [2.24, 2.45) is 5.10 Å². The third-order valence-electron chi connectivity index (χ3n) is 5.72. The Hall–Kier alpha value is -3.97. The van der Waals surface area contributed by atoms with Crippen LogP contribution >= 0.6 is 0 Å². The number of hydrazone groups is 1. The largest absolute Gasteiger partial charge is 0.484 e. The molecular weight excluding hydrogens is 442 g/mol. The Bertz CT molecular complexity index is 1070. The van der Waals surface area contributed by atoms with E-state index in [4.69, 9.17) is 9.47 Å². The van der Waals surface area contributed by atoms with Gasteiger partial charge in [0, 0.05) is 13.2 Å². The van der Waals surface area contributed by atoms with Crippen molar-refractivity contribution in [2.75, 3.05) is 19.8 Å². The van der Waals surface area contributed by atoms with E-state index in [2.05, 4.69) is 15.8 Å². The number of hydrogen-bond donors (Lipinski definition) is 2. The van der Waals surface area contributed by atoms with Gasteiger partial charge in [-0.25, -0.2) is 5.43 Å². The van der Waals surface area contributed by atoms with Crippen LogP contribution in [0.25, 0.3) is 0 Å². The van der Waals surface area contributed by atoms with E-state index in [9.17, 15) is 9.59 Å². The zero-order chi connectivity index (χ0) is 24.3. The summed E-state index contributed by atoms with van der Waals surface area (Å²) in [4.78, 5) is 24.9. The lowest BCUT2D eigenvalue weighted by Crippen LogP contribution is -2.35. The van der Waals surface area contributed by atoms with E-state index in [-0.39, 0.29) is 24.5 Å². The van der Waals surface area contributed by atoms with Crippen molar-refractivity contribution in [3.63, 3.8) is 0 Å². The van der Waals surface area contributed by atoms with E-state index in [1.807, 2.05) is 60.7 Å². The minimum atomic E-state index is -0.461. The molecule has 180 valence electrons. The van der Waals surface area contributed by atoms with Gasteiger partial charge in [-0.1, -0.05) is 60.7 Å². The molecule has 0 bridgehead atoms. The first-order chi connectivity index (χ1) is 17.2. The summed E-state index contributed by atoms with van der Waals surface area (Å²) in [6, 6.07) is 26.4. The van der Waals surface area contributed by atoms with Gasteiger partial charge in [-0.3, -0.25) is 9.59 Å². The van der Waals surface area contributed by atoms with Crippen LogP contribution in [0.5, 0.6) is 5.75 Å². The Labute approximate surface area is 205 Å². The van der Waals surface area contributed by atoms with Gasteiger partial charge >= 0.3 is 0 Å². The van der Waals surface area contributed by atoms with Gasteiger partial charge in [-0.15, -0.1) is 0 Å². The standard InChI is InChI=1S/C28H29N3O4/c32-26(29-19-25-12-7-17-34-25)20-35-24-15-13-21(14-16-24)18-30-31-28(33)27(22-8-3-1-4-9-22)23-10-5-2-6-11-23/h1-6,8-11,13-16,18,25,27H,7,12,17,19-20H2,(H,29,32)(H,31,33)/b30-18+/t25-/m1/s1. The van der Waals surface area contributed by atoms with Gasteiger partial charge in [0.2, 0.25) is 0 Å². The van der Waals surface area contributed by atoms with Crippen molar-refractivity contribution in [3.8, 4) is 5.75 Å². The second-order valence-corrected chi connectivity index (χ2v) is 8.29. The van der Waals surface area contributed by atoms with Crippen LogP contribution in [-0.4, -0.2) is 43.9 Å². The summed E-state index contributed by atoms with van der Waals surface area (Å²) in [5.41, 5.74) is 5.24. The fraction of sp³-hybridized carbons (Fsp3) is 0.250. The summed E-state index contributed by atoms with van der Waals surface area (Å²) in [6.45, 7) is 1.21. The average molecular weight is 472 g/mol. The maximum atomic E-state index is 13.0. The van der Waals surface area contributed by atoms with Gasteiger partial charge in [-0.05, 0) is 53.8 Å². The summed E-state index contributed by atoms with van der Waals surface area (Å²) in [7, 11) is 0. The molecule has 1 aliphatic heterocycles. The van der Waals surface area contributed by atoms with Gasteiger partial charge in [0.25, 0.3) is 11.8 Å². The highest BCUT2D eigenvalue weighted by Gasteiger charge is 2.22. The average Bonchev–Trinajstić information content (AvgIpc) is 3.42. The molecule has 7 heteroatoms. The number of benzene rings is 3. The third kappa shape index (κ3) is 7.25. The second kappa shape index (κ2) is 12.5. The molecule has 0 aliphatic carbocycles. The van der Waals surface area contributed by atoms with Crippen molar-refractivity contribution in [3.05, 3.63) is 102 Å². The van der Waals surface area contributed by atoms with Crippen LogP contribution in [0, 0.1) is 0 Å². The molecule has 2 amide bonds. The molecule has 35 heavy (non-hydrogen) atoms. The fourth-order valence-electron chi connectivity index (χ4n) is 3.90. The van der Waals surface area contributed by atoms with Gasteiger partial charge in [0.15, 0.2) is 6.61 Å². The van der Waals surface area contributed by atoms with E-state index in [1.54, 1.807) is 30.5 Å². The molecule has 2 N–H and O–H groups in total. The highest BCUT2D eigenvalue weighted by Crippen LogP contribution is 2.24. The summed E-state index contributed by atoms with van der Waals surface area (Å²) in [6.07, 6.45) is 3.69. The van der Waals surface area contributed by atoms with Crippen molar-refractivity contribution < 1.29 is 19.1 Å². The minimum absolute atomic E-state index is 0.0590. The summed E-state index contributed by atoms with van der Waals surface area (Å²) in [5.74, 6) is -0.281. The van der Waals surface area contributed by atoms with Gasteiger partial charge < -0.3 is 14.8 Å². The number of ether oxygens (including phenoxy) is 2. The van der Waals surface area contributed by atoms with Crippen LogP contribution in [-0.2, 0) is 14.3 Å². The van der Waals surface area contributed by atoms with Gasteiger partial charge in [0.1, 0.15) is 5.75 Å². The number of carbonyl (C=O) groups excluding carboxylic acids is 2. The molecule has 1 heterocycles. The lowest BCUT2D eigenvalue weighted by Gasteiger charge is -2.16. The third-order valence-corrected chi connectivity index (χ3v) is 5.72. The monoisotopic (exact) mass is 471 g/mol. The van der Waals surface area contributed by atoms with Crippen LogP contribution in [0.2, 0.25) is 0 Å². The molecule has 7 nitrogen and oxygen atoms in total. The molecule has 0 radical (unpaired) electrons. The van der Waals surface area contributed by atoms with Crippen LogP contribution in [0.15, 0.2) is 90.0 Å². The first kappa shape index (κ1) is 24.2. The number of nitrogens with zero attached hydrogens (tertiary/aromatic N) is 1. The SMILES string of the molecule is O=C(COc1ccc(/C=N/NC(=O)C(c2ccccc2)c2ccccc2)cc1)NC[C@H]1CCCO1. The summed E-state index contributed by atoms with van der Waals surface area (Å²) >= 11 is 0. The normalized spacial score (nSPS) is 15.3. The molecule has 4 rings (SSSR count). The first-order valence-corrected chi connectivity index (χ1v) is 11.7. The Morgan fingerprint density at radius 3 is 2.23 bits per heavy atom. The lowest BCUT2D eigenvalue weighted by atomic mass is 9.91. The second-order valence-electron chi connectivity index (χ2n) is 8.29. The molecule has 3 aromatic rings. The smallest absolute Gasteiger partial charge is 0.258 e. The molecule has 1 fully saturated rings. The van der Waals surface area contributed by atoms with Crippen molar-refractivity contribution >= 4 is 18.0 Å². The van der Waals surface area contributed by atoms with E-state index >= 15 is 0 Å². The van der Waals surface area contributed by atoms with E-state index in [0.29, 0.717) is 12.3 Å². The number of hydrogen-bond acceptors (Lipinski definition) is 5. The summed E-state index contributed by atoms with van der Waals surface area (Å²) in [5, 5.41) is 6.97. The Kier molecular flexibility index (Phi) is 8.62. The minimum Gasteiger partial charge on any atom is -0.484 e. The van der Waals surface area contributed by atoms with Gasteiger partial charge in [-0.2, -0.15) is 5.10 Å². The molecular formula is C28H29N3O4. The zero-order valence-electron chi connectivity index (χ0n) is 19.4. The van der Waals surface area contributed by atoms with Crippen molar-refractivity contribution in [1.82, 2.24) is 10.7 Å². The van der Waals surface area contributed by atoms with E-state index < -0.39 is 5.92 Å². The van der Waals surface area contributed by atoms with Crippen LogP contribution in [0.4, 0.5) is 0 Å². The molecule has 0 unspecified atom stereocenters. The van der Waals surface area contributed by atoms with Crippen LogP contribution < -0.4 is 15.5 Å². The van der Waals surface area contributed by atoms with E-state index in [1.165, 1.54) is 0 Å². The molecule has 1 aliphatic rings. The Balaban J connectivity index is 1.28. The van der Waals surface area contributed by atoms with E-state index in [0.717, 1.165) is 36.1 Å². The molecule has 3 aromatic carbocycles. The lowest BCUT2D eigenvalue weighted by molar-refractivity contribution is -0.123. The van der Waals surface area contributed by atoms with Crippen molar-refractivity contribution in [1.29, 1.82) is 0 Å². The predicted molar refractivity (Wildman–Crippen MR) is 134 cm³/mol. The van der Waals surface area contributed by atoms with Crippen LogP contribution in [0.3, 0.4) is 0 Å². The molecule has 1 saturated heterocycles. The topological polar surface area (TPSA) is 89.0 Å². The number of nitrogens with one attached hydrogen (secondary N) is 2. The molecule has 0 spiro atoms. The molecule has 1 atom stereocenters. The highest BCUT2D eigenvalue weighted by molar-refractivity contribution is 5.88. The zero-order valence-corrected chi connectivity index (χ0v) is 19.4. The van der Waals surface area contributed by atoms with Crippen molar-refractivity contribution in [2.45, 2.75) is 24.9 Å². The van der Waals surface area contributed by atoms with Gasteiger partial charge in [0.05, 0.1) is 18.2 Å². The quantitative estimate of drug-likeness (QED) is 0.349. The number of rotatable bonds is 10. The molecule has 0 aromatic heterocycles. The predicted octanol–water partition coefficient (Wildman–Crippen LogP) is 3.64. The Morgan fingerprint density at radius 2 is 1.63 bits per heavy atom. The highest BCUT2D eigenvalue weighted by atomic mass is 16.5. The maximum absolute atomic E-state index is 13.0. The van der Waals surface area contributed by atoms with Crippen LogP contribution in [0.1, 0.15) is 35.4 Å². The maximum Gasteiger partial charge on any atom is 0.258 e. The summed E-state index contributed by atoms with van der Waals surface area (Å²) < 4.78 is 11.0. The first-order valence-electron chi connectivity index (χ1n) is 11.7. The molecule has 0 saturated carbocycles. The number of amides is 2.